The fourth-order valence-electron chi connectivity index (χ4n) is 1.98. The van der Waals surface area contributed by atoms with Crippen molar-refractivity contribution in [2.75, 3.05) is 39.8 Å². The first-order valence-corrected chi connectivity index (χ1v) is 7.68. The van der Waals surface area contributed by atoms with Crippen LogP contribution in [-0.4, -0.2) is 61.4 Å². The molecule has 5 nitrogen and oxygen atoms in total. The van der Waals surface area contributed by atoms with Crippen LogP contribution in [0.1, 0.15) is 9.67 Å². The van der Waals surface area contributed by atoms with E-state index in [4.69, 9.17) is 0 Å². The van der Waals surface area contributed by atoms with Crippen molar-refractivity contribution in [1.82, 2.24) is 15.1 Å². The molecule has 7 heteroatoms. The summed E-state index contributed by atoms with van der Waals surface area (Å²) in [5.41, 5.74) is 0. The van der Waals surface area contributed by atoms with Crippen molar-refractivity contribution >= 4 is 39.1 Å². The summed E-state index contributed by atoms with van der Waals surface area (Å²) < 4.78 is 0.967. The van der Waals surface area contributed by atoms with E-state index in [-0.39, 0.29) is 11.8 Å². The Morgan fingerprint density at radius 2 is 2.00 bits per heavy atom. The van der Waals surface area contributed by atoms with Crippen LogP contribution >= 0.6 is 27.3 Å². The number of nitrogens with one attached hydrogen (secondary N) is 1. The van der Waals surface area contributed by atoms with Gasteiger partial charge in [-0.3, -0.25) is 14.5 Å². The number of hydrogen-bond acceptors (Lipinski definition) is 4. The molecule has 0 atom stereocenters. The first-order chi connectivity index (χ1) is 9.10. The second kappa shape index (κ2) is 6.49. The maximum Gasteiger partial charge on any atom is 0.264 e. The van der Waals surface area contributed by atoms with Crippen molar-refractivity contribution in [3.8, 4) is 0 Å². The summed E-state index contributed by atoms with van der Waals surface area (Å²) in [6, 6.07) is 3.73. The molecule has 1 aliphatic rings. The van der Waals surface area contributed by atoms with Gasteiger partial charge in [-0.15, -0.1) is 11.3 Å². The topological polar surface area (TPSA) is 52.7 Å². The van der Waals surface area contributed by atoms with Gasteiger partial charge < -0.3 is 10.2 Å². The quantitative estimate of drug-likeness (QED) is 0.889. The largest absolute Gasteiger partial charge is 0.358 e. The van der Waals surface area contributed by atoms with E-state index < -0.39 is 0 Å². The minimum atomic E-state index is 0.0157. The number of amides is 2. The van der Waals surface area contributed by atoms with Crippen molar-refractivity contribution < 1.29 is 9.59 Å². The molecular weight excluding hydrogens is 330 g/mol. The van der Waals surface area contributed by atoms with E-state index in [1.165, 1.54) is 11.3 Å². The van der Waals surface area contributed by atoms with E-state index in [0.717, 1.165) is 21.8 Å². The maximum absolute atomic E-state index is 12.2. The average Bonchev–Trinajstić information content (AvgIpc) is 2.85. The van der Waals surface area contributed by atoms with E-state index >= 15 is 0 Å². The molecule has 0 unspecified atom stereocenters. The number of nitrogens with zero attached hydrogens (tertiary/aromatic N) is 2. The number of hydrogen-bond donors (Lipinski definition) is 1. The van der Waals surface area contributed by atoms with Gasteiger partial charge in [-0.05, 0) is 28.1 Å². The molecular formula is C12H16BrN3O2S. The zero-order chi connectivity index (χ0) is 13.8. The molecule has 19 heavy (non-hydrogen) atoms. The predicted octanol–water partition coefficient (Wildman–Crippen LogP) is 1.01. The van der Waals surface area contributed by atoms with Crippen molar-refractivity contribution in [1.29, 1.82) is 0 Å². The second-order valence-electron chi connectivity index (χ2n) is 4.35. The molecule has 0 bridgehead atoms. The average molecular weight is 346 g/mol. The number of halogens is 1. The summed E-state index contributed by atoms with van der Waals surface area (Å²) in [5.74, 6) is 0.0947. The Morgan fingerprint density at radius 3 is 2.53 bits per heavy atom. The highest BCUT2D eigenvalue weighted by Gasteiger charge is 2.23. The lowest BCUT2D eigenvalue weighted by molar-refractivity contribution is -0.122. The van der Waals surface area contributed by atoms with E-state index in [2.05, 4.69) is 26.1 Å². The monoisotopic (exact) mass is 345 g/mol. The van der Waals surface area contributed by atoms with Gasteiger partial charge in [-0.2, -0.15) is 0 Å². The third kappa shape index (κ3) is 3.77. The Balaban J connectivity index is 1.86. The molecule has 2 heterocycles. The van der Waals surface area contributed by atoms with Crippen molar-refractivity contribution in [3.63, 3.8) is 0 Å². The van der Waals surface area contributed by atoms with E-state index in [1.54, 1.807) is 7.05 Å². The molecule has 1 aromatic heterocycles. The van der Waals surface area contributed by atoms with Crippen LogP contribution in [0.25, 0.3) is 0 Å². The summed E-state index contributed by atoms with van der Waals surface area (Å²) in [6.07, 6.45) is 0. The molecule has 0 aromatic carbocycles. The first-order valence-electron chi connectivity index (χ1n) is 6.07. The number of carbonyl (C=O) groups excluding carboxylic acids is 2. The minimum Gasteiger partial charge on any atom is -0.358 e. The second-order valence-corrected chi connectivity index (χ2v) is 6.81. The zero-order valence-corrected chi connectivity index (χ0v) is 13.1. The van der Waals surface area contributed by atoms with Crippen molar-refractivity contribution in [2.45, 2.75) is 0 Å². The van der Waals surface area contributed by atoms with E-state index in [9.17, 15) is 9.59 Å². The van der Waals surface area contributed by atoms with Crippen molar-refractivity contribution in [2.24, 2.45) is 0 Å². The Hall–Kier alpha value is -0.920. The van der Waals surface area contributed by atoms with Crippen LogP contribution < -0.4 is 5.32 Å². The van der Waals surface area contributed by atoms with Gasteiger partial charge in [0, 0.05) is 33.2 Å². The number of piperazine rings is 1. The highest BCUT2D eigenvalue weighted by Crippen LogP contribution is 2.23. The summed E-state index contributed by atoms with van der Waals surface area (Å²) in [5, 5.41) is 2.61. The molecule has 104 valence electrons. The molecule has 2 amide bonds. The number of likely N-dealkylation sites (N-methyl/N-ethyl adjacent to an activating group) is 1. The van der Waals surface area contributed by atoms with Crippen LogP contribution in [0.3, 0.4) is 0 Å². The molecule has 1 aliphatic heterocycles. The molecule has 1 N–H and O–H groups in total. The van der Waals surface area contributed by atoms with Gasteiger partial charge in [0.1, 0.15) is 0 Å². The third-order valence-corrected chi connectivity index (χ3v) is 4.70. The molecule has 0 aliphatic carbocycles. The van der Waals surface area contributed by atoms with Crippen LogP contribution in [0.5, 0.6) is 0 Å². The van der Waals surface area contributed by atoms with Crippen LogP contribution in [0.2, 0.25) is 0 Å². The predicted molar refractivity (Wildman–Crippen MR) is 78.4 cm³/mol. The molecule has 0 saturated carbocycles. The lowest BCUT2D eigenvalue weighted by atomic mass is 10.3. The molecule has 0 spiro atoms. The highest BCUT2D eigenvalue weighted by atomic mass is 79.9. The molecule has 1 fully saturated rings. The zero-order valence-electron chi connectivity index (χ0n) is 10.7. The lowest BCUT2D eigenvalue weighted by Gasteiger charge is -2.34. The molecule has 1 aromatic rings. The van der Waals surface area contributed by atoms with Crippen molar-refractivity contribution in [3.05, 3.63) is 20.8 Å². The fraction of sp³-hybridized carbons (Fsp3) is 0.500. The lowest BCUT2D eigenvalue weighted by Crippen LogP contribution is -2.50. The van der Waals surface area contributed by atoms with Gasteiger partial charge in [-0.1, -0.05) is 0 Å². The summed E-state index contributed by atoms with van der Waals surface area (Å²) >= 11 is 4.82. The van der Waals surface area contributed by atoms with Crippen LogP contribution in [0.4, 0.5) is 0 Å². The van der Waals surface area contributed by atoms with Crippen LogP contribution in [0, 0.1) is 0 Å². The molecule has 1 saturated heterocycles. The van der Waals surface area contributed by atoms with E-state index in [1.807, 2.05) is 17.0 Å². The van der Waals surface area contributed by atoms with Crippen LogP contribution in [0.15, 0.2) is 15.9 Å². The van der Waals surface area contributed by atoms with Gasteiger partial charge >= 0.3 is 0 Å². The van der Waals surface area contributed by atoms with Gasteiger partial charge in [0.05, 0.1) is 15.2 Å². The third-order valence-electron chi connectivity index (χ3n) is 3.09. The molecule has 2 rings (SSSR count). The van der Waals surface area contributed by atoms with Gasteiger partial charge in [0.2, 0.25) is 5.91 Å². The summed E-state index contributed by atoms with van der Waals surface area (Å²) in [7, 11) is 1.64. The van der Waals surface area contributed by atoms with Gasteiger partial charge in [-0.25, -0.2) is 0 Å². The number of carbonyl (C=O) groups is 2. The summed E-state index contributed by atoms with van der Waals surface area (Å²) in [6.45, 7) is 3.23. The summed E-state index contributed by atoms with van der Waals surface area (Å²) in [4.78, 5) is 28.2. The normalized spacial score (nSPS) is 16.4. The Morgan fingerprint density at radius 1 is 1.32 bits per heavy atom. The van der Waals surface area contributed by atoms with E-state index in [0.29, 0.717) is 19.6 Å². The number of rotatable bonds is 3. The number of thiophene rings is 1. The SMILES string of the molecule is CNC(=O)CN1CCN(C(=O)c2ccc(Br)s2)CC1. The van der Waals surface area contributed by atoms with Crippen LogP contribution in [-0.2, 0) is 4.79 Å². The Labute approximate surface area is 124 Å². The highest BCUT2D eigenvalue weighted by molar-refractivity contribution is 9.11. The van der Waals surface area contributed by atoms with Gasteiger partial charge in [0.15, 0.2) is 0 Å². The smallest absolute Gasteiger partial charge is 0.264 e. The maximum atomic E-state index is 12.2. The Kier molecular flexibility index (Phi) is 4.95. The minimum absolute atomic E-state index is 0.0157. The molecule has 0 radical (unpaired) electrons. The fourth-order valence-corrected chi connectivity index (χ4v) is 3.33. The van der Waals surface area contributed by atoms with Gasteiger partial charge in [0.25, 0.3) is 5.91 Å². The standard InChI is InChI=1S/C12H16BrN3O2S/c1-14-11(17)8-15-4-6-16(7-5-15)12(18)9-2-3-10(13)19-9/h2-3H,4-8H2,1H3,(H,14,17). The Bertz CT molecular complexity index is 469. The first kappa shape index (κ1) is 14.5.